The summed E-state index contributed by atoms with van der Waals surface area (Å²) < 4.78 is 5.35. The van der Waals surface area contributed by atoms with Crippen LogP contribution in [0.1, 0.15) is 42.7 Å². The number of nitrogens with zero attached hydrogens (tertiary/aromatic N) is 2. The van der Waals surface area contributed by atoms with E-state index in [1.165, 1.54) is 5.56 Å². The molecule has 0 spiro atoms. The third kappa shape index (κ3) is 4.84. The Morgan fingerprint density at radius 1 is 1.00 bits per heavy atom. The maximum atomic E-state index is 12.9. The molecule has 1 fully saturated rings. The summed E-state index contributed by atoms with van der Waals surface area (Å²) >= 11 is 0. The van der Waals surface area contributed by atoms with Crippen LogP contribution in [-0.4, -0.2) is 55.0 Å². The summed E-state index contributed by atoms with van der Waals surface area (Å²) in [4.78, 5) is 17.3. The lowest BCUT2D eigenvalue weighted by Crippen LogP contribution is -2.49. The van der Waals surface area contributed by atoms with Gasteiger partial charge in [0.1, 0.15) is 5.75 Å². The van der Waals surface area contributed by atoms with Crippen molar-refractivity contribution in [2.24, 2.45) is 0 Å². The first-order chi connectivity index (χ1) is 13.5. The molecule has 0 aromatic heterocycles. The predicted molar refractivity (Wildman–Crippen MR) is 114 cm³/mol. The topological polar surface area (TPSA) is 44.8 Å². The van der Waals surface area contributed by atoms with Gasteiger partial charge in [0.05, 0.1) is 7.11 Å². The molecule has 0 saturated carbocycles. The van der Waals surface area contributed by atoms with Crippen molar-refractivity contribution in [3.8, 4) is 5.75 Å². The second-order valence-electron chi connectivity index (χ2n) is 7.66. The molecule has 3 rings (SSSR count). The normalized spacial score (nSPS) is 16.1. The molecule has 1 unspecified atom stereocenters. The van der Waals surface area contributed by atoms with E-state index in [1.54, 1.807) is 7.11 Å². The molecule has 150 valence electrons. The van der Waals surface area contributed by atoms with Crippen LogP contribution < -0.4 is 10.1 Å². The van der Waals surface area contributed by atoms with Gasteiger partial charge in [-0.3, -0.25) is 9.69 Å². The summed E-state index contributed by atoms with van der Waals surface area (Å²) in [5.41, 5.74) is 2.98. The molecule has 1 heterocycles. The van der Waals surface area contributed by atoms with Gasteiger partial charge in [0, 0.05) is 49.5 Å². The van der Waals surface area contributed by atoms with E-state index >= 15 is 0 Å². The number of ether oxygens (including phenoxy) is 1. The second-order valence-corrected chi connectivity index (χ2v) is 7.66. The summed E-state index contributed by atoms with van der Waals surface area (Å²) in [7, 11) is 1.69. The number of hydrogen-bond acceptors (Lipinski definition) is 4. The van der Waals surface area contributed by atoms with Crippen LogP contribution in [0.3, 0.4) is 0 Å². The second kappa shape index (κ2) is 9.11. The van der Waals surface area contributed by atoms with Gasteiger partial charge in [-0.15, -0.1) is 0 Å². The number of methoxy groups -OCH3 is 1. The standard InChI is InChI=1S/C23H31N3O2/c1-17(2)24-21-9-5-8-20(15-21)23(27)26-13-11-25(12-14-26)18(3)19-7-6-10-22(16-19)28-4/h5-10,15-18,24H,11-14H2,1-4H3. The highest BCUT2D eigenvalue weighted by Gasteiger charge is 2.25. The van der Waals surface area contributed by atoms with Crippen LogP contribution in [0.25, 0.3) is 0 Å². The first-order valence-electron chi connectivity index (χ1n) is 10.0. The third-order valence-electron chi connectivity index (χ3n) is 5.29. The number of nitrogens with one attached hydrogen (secondary N) is 1. The minimum Gasteiger partial charge on any atom is -0.497 e. The lowest BCUT2D eigenvalue weighted by molar-refractivity contribution is 0.0582. The average molecular weight is 382 g/mol. The Morgan fingerprint density at radius 3 is 2.39 bits per heavy atom. The highest BCUT2D eigenvalue weighted by molar-refractivity contribution is 5.95. The van der Waals surface area contributed by atoms with Crippen LogP contribution >= 0.6 is 0 Å². The summed E-state index contributed by atoms with van der Waals surface area (Å²) in [6.45, 7) is 9.63. The van der Waals surface area contributed by atoms with Crippen molar-refractivity contribution in [2.45, 2.75) is 32.9 Å². The number of carbonyl (C=O) groups excluding carboxylic acids is 1. The fraction of sp³-hybridized carbons (Fsp3) is 0.435. The Morgan fingerprint density at radius 2 is 1.71 bits per heavy atom. The van der Waals surface area contributed by atoms with Gasteiger partial charge in [-0.05, 0) is 56.7 Å². The molecular formula is C23H31N3O2. The van der Waals surface area contributed by atoms with Crippen molar-refractivity contribution in [1.82, 2.24) is 9.80 Å². The predicted octanol–water partition coefficient (Wildman–Crippen LogP) is 4.03. The minimum atomic E-state index is 0.112. The van der Waals surface area contributed by atoms with Crippen molar-refractivity contribution in [3.05, 3.63) is 59.7 Å². The van der Waals surface area contributed by atoms with Crippen molar-refractivity contribution in [2.75, 3.05) is 38.6 Å². The smallest absolute Gasteiger partial charge is 0.254 e. The number of anilines is 1. The lowest BCUT2D eigenvalue weighted by Gasteiger charge is -2.38. The summed E-state index contributed by atoms with van der Waals surface area (Å²) in [6, 6.07) is 16.7. The highest BCUT2D eigenvalue weighted by atomic mass is 16.5. The summed E-state index contributed by atoms with van der Waals surface area (Å²) in [6.07, 6.45) is 0. The SMILES string of the molecule is COc1cccc(C(C)N2CCN(C(=O)c3cccc(NC(C)C)c3)CC2)c1. The maximum absolute atomic E-state index is 12.9. The molecule has 28 heavy (non-hydrogen) atoms. The van der Waals surface area contributed by atoms with E-state index in [-0.39, 0.29) is 5.91 Å². The van der Waals surface area contributed by atoms with E-state index in [2.05, 4.69) is 43.1 Å². The Balaban J connectivity index is 1.61. The molecule has 1 aliphatic heterocycles. The number of benzene rings is 2. The van der Waals surface area contributed by atoms with Gasteiger partial charge in [-0.25, -0.2) is 0 Å². The Hall–Kier alpha value is -2.53. The van der Waals surface area contributed by atoms with Crippen LogP contribution in [0.2, 0.25) is 0 Å². The van der Waals surface area contributed by atoms with Gasteiger partial charge in [0.15, 0.2) is 0 Å². The first-order valence-corrected chi connectivity index (χ1v) is 10.0. The quantitative estimate of drug-likeness (QED) is 0.820. The molecule has 0 radical (unpaired) electrons. The molecule has 0 aliphatic carbocycles. The molecule has 2 aromatic carbocycles. The Kier molecular flexibility index (Phi) is 6.57. The number of piperazine rings is 1. The molecule has 2 aromatic rings. The minimum absolute atomic E-state index is 0.112. The van der Waals surface area contributed by atoms with Crippen molar-refractivity contribution in [1.29, 1.82) is 0 Å². The van der Waals surface area contributed by atoms with Crippen molar-refractivity contribution >= 4 is 11.6 Å². The number of carbonyl (C=O) groups is 1. The highest BCUT2D eigenvalue weighted by Crippen LogP contribution is 2.25. The number of amides is 1. The van der Waals surface area contributed by atoms with Crippen LogP contribution in [0.5, 0.6) is 5.75 Å². The van der Waals surface area contributed by atoms with Gasteiger partial charge in [-0.1, -0.05) is 18.2 Å². The lowest BCUT2D eigenvalue weighted by atomic mass is 10.1. The Labute approximate surface area is 168 Å². The number of hydrogen-bond donors (Lipinski definition) is 1. The van der Waals surface area contributed by atoms with Gasteiger partial charge in [0.25, 0.3) is 5.91 Å². The van der Waals surface area contributed by atoms with E-state index in [9.17, 15) is 4.79 Å². The van der Waals surface area contributed by atoms with Crippen LogP contribution in [0.15, 0.2) is 48.5 Å². The van der Waals surface area contributed by atoms with Crippen LogP contribution in [0, 0.1) is 0 Å². The van der Waals surface area contributed by atoms with E-state index in [4.69, 9.17) is 4.74 Å². The van der Waals surface area contributed by atoms with Crippen LogP contribution in [0.4, 0.5) is 5.69 Å². The zero-order valence-corrected chi connectivity index (χ0v) is 17.3. The summed E-state index contributed by atoms with van der Waals surface area (Å²) in [5, 5.41) is 3.36. The fourth-order valence-electron chi connectivity index (χ4n) is 3.68. The van der Waals surface area contributed by atoms with Gasteiger partial charge < -0.3 is 15.0 Å². The van der Waals surface area contributed by atoms with E-state index in [0.29, 0.717) is 12.1 Å². The van der Waals surface area contributed by atoms with Crippen molar-refractivity contribution < 1.29 is 9.53 Å². The zero-order valence-electron chi connectivity index (χ0n) is 17.3. The Bertz CT molecular complexity index is 798. The molecule has 5 heteroatoms. The van der Waals surface area contributed by atoms with Gasteiger partial charge in [-0.2, -0.15) is 0 Å². The molecule has 1 N–H and O–H groups in total. The zero-order chi connectivity index (χ0) is 20.1. The van der Waals surface area contributed by atoms with E-state index in [0.717, 1.165) is 43.2 Å². The van der Waals surface area contributed by atoms with Gasteiger partial charge in [0.2, 0.25) is 0 Å². The number of rotatable bonds is 6. The third-order valence-corrected chi connectivity index (χ3v) is 5.29. The first kappa shape index (κ1) is 20.2. The van der Waals surface area contributed by atoms with Crippen molar-refractivity contribution in [3.63, 3.8) is 0 Å². The van der Waals surface area contributed by atoms with Crippen LogP contribution in [-0.2, 0) is 0 Å². The fourth-order valence-corrected chi connectivity index (χ4v) is 3.68. The average Bonchev–Trinajstić information content (AvgIpc) is 2.72. The molecule has 0 bridgehead atoms. The molecule has 1 amide bonds. The maximum Gasteiger partial charge on any atom is 0.254 e. The molecule has 1 aliphatic rings. The van der Waals surface area contributed by atoms with E-state index in [1.807, 2.05) is 41.3 Å². The monoisotopic (exact) mass is 381 g/mol. The van der Waals surface area contributed by atoms with E-state index < -0.39 is 0 Å². The molecule has 5 nitrogen and oxygen atoms in total. The molecule has 1 saturated heterocycles. The summed E-state index contributed by atoms with van der Waals surface area (Å²) in [5.74, 6) is 0.995. The molecule has 1 atom stereocenters. The van der Waals surface area contributed by atoms with Gasteiger partial charge >= 0.3 is 0 Å². The molecular weight excluding hydrogens is 350 g/mol. The largest absolute Gasteiger partial charge is 0.497 e.